The van der Waals surface area contributed by atoms with Crippen LogP contribution in [0.3, 0.4) is 0 Å². The Morgan fingerprint density at radius 3 is 2.62 bits per heavy atom. The van der Waals surface area contributed by atoms with Crippen molar-refractivity contribution in [2.45, 2.75) is 23.5 Å². The van der Waals surface area contributed by atoms with Crippen LogP contribution in [0.4, 0.5) is 0 Å². The highest BCUT2D eigenvalue weighted by Crippen LogP contribution is 2.25. The van der Waals surface area contributed by atoms with Crippen molar-refractivity contribution in [3.8, 4) is 0 Å². The van der Waals surface area contributed by atoms with Gasteiger partial charge in [-0.15, -0.1) is 11.8 Å². The lowest BCUT2D eigenvalue weighted by Gasteiger charge is -2.08. The molecule has 1 unspecified atom stereocenters. The molecule has 4 nitrogen and oxygen atoms in total. The first-order valence-electron chi connectivity index (χ1n) is 4.71. The Labute approximate surface area is 97.3 Å². The quantitative estimate of drug-likeness (QED) is 0.773. The van der Waals surface area contributed by atoms with Crippen LogP contribution in [0.25, 0.3) is 0 Å². The van der Waals surface area contributed by atoms with E-state index >= 15 is 0 Å². The van der Waals surface area contributed by atoms with Gasteiger partial charge in [-0.25, -0.2) is 4.79 Å². The van der Waals surface area contributed by atoms with Crippen molar-refractivity contribution in [1.82, 2.24) is 0 Å². The molecule has 0 spiro atoms. The molecule has 2 N–H and O–H groups in total. The van der Waals surface area contributed by atoms with Gasteiger partial charge in [0.15, 0.2) is 0 Å². The molecule has 0 heterocycles. The Hall–Kier alpha value is -1.49. The van der Waals surface area contributed by atoms with Gasteiger partial charge in [0.1, 0.15) is 0 Å². The molecular formula is C11H12O4S. The monoisotopic (exact) mass is 240 g/mol. The van der Waals surface area contributed by atoms with Crippen molar-refractivity contribution in [2.24, 2.45) is 0 Å². The van der Waals surface area contributed by atoms with Gasteiger partial charge in [-0.3, -0.25) is 4.79 Å². The van der Waals surface area contributed by atoms with Crippen molar-refractivity contribution in [3.63, 3.8) is 0 Å². The molecule has 0 aliphatic carbocycles. The molecule has 86 valence electrons. The molecule has 1 aromatic carbocycles. The summed E-state index contributed by atoms with van der Waals surface area (Å²) in [5.74, 6) is -1.83. The zero-order valence-electron chi connectivity index (χ0n) is 8.71. The van der Waals surface area contributed by atoms with Gasteiger partial charge in [0.25, 0.3) is 0 Å². The highest BCUT2D eigenvalue weighted by Gasteiger charge is 2.10. The predicted octanol–water partition coefficient (Wildman–Crippen LogP) is 2.34. The van der Waals surface area contributed by atoms with Crippen LogP contribution in [0.2, 0.25) is 0 Å². The number of hydrogen-bond acceptors (Lipinski definition) is 3. The van der Waals surface area contributed by atoms with E-state index in [-0.39, 0.29) is 17.2 Å². The molecular weight excluding hydrogens is 228 g/mol. The number of carboxylic acid groups (broad SMARTS) is 2. The van der Waals surface area contributed by atoms with Crippen LogP contribution in [0, 0.1) is 0 Å². The summed E-state index contributed by atoms with van der Waals surface area (Å²) in [4.78, 5) is 22.0. The topological polar surface area (TPSA) is 74.6 Å². The zero-order valence-corrected chi connectivity index (χ0v) is 9.53. The van der Waals surface area contributed by atoms with Gasteiger partial charge in [0, 0.05) is 10.1 Å². The molecule has 0 amide bonds. The first kappa shape index (κ1) is 12.6. The number of carboxylic acids is 2. The highest BCUT2D eigenvalue weighted by atomic mass is 32.2. The van der Waals surface area contributed by atoms with E-state index in [4.69, 9.17) is 10.2 Å². The van der Waals surface area contributed by atoms with E-state index in [1.807, 2.05) is 0 Å². The van der Waals surface area contributed by atoms with Crippen molar-refractivity contribution < 1.29 is 19.8 Å². The Morgan fingerprint density at radius 2 is 2.06 bits per heavy atom. The van der Waals surface area contributed by atoms with Crippen LogP contribution in [0.5, 0.6) is 0 Å². The minimum atomic E-state index is -0.978. The minimum Gasteiger partial charge on any atom is -0.481 e. The second-order valence-electron chi connectivity index (χ2n) is 3.36. The predicted molar refractivity (Wildman–Crippen MR) is 61.0 cm³/mol. The average Bonchev–Trinajstić information content (AvgIpc) is 2.16. The number of thioether (sulfide) groups is 1. The second-order valence-corrected chi connectivity index (χ2v) is 4.87. The lowest BCUT2D eigenvalue weighted by molar-refractivity contribution is -0.136. The largest absolute Gasteiger partial charge is 0.481 e. The summed E-state index contributed by atoms with van der Waals surface area (Å²) < 4.78 is 0. The van der Waals surface area contributed by atoms with Crippen LogP contribution in [-0.2, 0) is 4.79 Å². The van der Waals surface area contributed by atoms with Gasteiger partial charge in [-0.1, -0.05) is 13.0 Å². The molecule has 0 radical (unpaired) electrons. The summed E-state index contributed by atoms with van der Waals surface area (Å²) in [6, 6.07) is 6.48. The van der Waals surface area contributed by atoms with Crippen LogP contribution in [-0.4, -0.2) is 27.4 Å². The van der Waals surface area contributed by atoms with Crippen LogP contribution >= 0.6 is 11.8 Å². The molecule has 1 aromatic rings. The van der Waals surface area contributed by atoms with E-state index in [1.54, 1.807) is 25.1 Å². The molecule has 5 heteroatoms. The molecule has 1 rings (SSSR count). The summed E-state index contributed by atoms with van der Waals surface area (Å²) in [6.07, 6.45) is 0.0575. The number of carbonyl (C=O) groups is 2. The van der Waals surface area contributed by atoms with Crippen molar-refractivity contribution in [1.29, 1.82) is 0 Å². The maximum absolute atomic E-state index is 10.7. The third-order valence-electron chi connectivity index (χ3n) is 1.88. The van der Waals surface area contributed by atoms with Crippen molar-refractivity contribution >= 4 is 23.7 Å². The smallest absolute Gasteiger partial charge is 0.335 e. The lowest BCUT2D eigenvalue weighted by atomic mass is 10.2. The third-order valence-corrected chi connectivity index (χ3v) is 2.98. The first-order chi connectivity index (χ1) is 7.49. The molecule has 1 atom stereocenters. The number of hydrogen-bond donors (Lipinski definition) is 2. The van der Waals surface area contributed by atoms with Gasteiger partial charge in [-0.2, -0.15) is 0 Å². The molecule has 0 saturated carbocycles. The molecule has 16 heavy (non-hydrogen) atoms. The Bertz CT molecular complexity index is 403. The summed E-state index contributed by atoms with van der Waals surface area (Å²) in [5, 5.41) is 17.3. The number of rotatable bonds is 5. The van der Waals surface area contributed by atoms with Crippen molar-refractivity contribution in [2.75, 3.05) is 0 Å². The zero-order chi connectivity index (χ0) is 12.1. The molecule has 0 aliphatic rings. The molecule has 0 aromatic heterocycles. The molecule has 0 saturated heterocycles. The van der Waals surface area contributed by atoms with E-state index in [2.05, 4.69) is 0 Å². The third kappa shape index (κ3) is 3.94. The van der Waals surface area contributed by atoms with Gasteiger partial charge in [0.05, 0.1) is 12.0 Å². The van der Waals surface area contributed by atoms with Gasteiger partial charge >= 0.3 is 11.9 Å². The van der Waals surface area contributed by atoms with Crippen LogP contribution in [0.15, 0.2) is 29.2 Å². The van der Waals surface area contributed by atoms with Gasteiger partial charge in [0.2, 0.25) is 0 Å². The standard InChI is InChI=1S/C11H12O4S/c1-7(5-10(12)13)16-9-4-2-3-8(6-9)11(14)15/h2-4,6-7H,5H2,1H3,(H,12,13)(H,14,15). The fourth-order valence-corrected chi connectivity index (χ4v) is 2.26. The summed E-state index contributed by atoms with van der Waals surface area (Å²) in [7, 11) is 0. The number of aliphatic carboxylic acids is 1. The molecule has 0 bridgehead atoms. The fraction of sp³-hybridized carbons (Fsp3) is 0.273. The number of benzene rings is 1. The van der Waals surface area contributed by atoms with E-state index in [0.29, 0.717) is 0 Å². The highest BCUT2D eigenvalue weighted by molar-refractivity contribution is 8.00. The van der Waals surface area contributed by atoms with Crippen LogP contribution in [0.1, 0.15) is 23.7 Å². The average molecular weight is 240 g/mol. The Morgan fingerprint density at radius 1 is 1.38 bits per heavy atom. The minimum absolute atomic E-state index is 0.0575. The molecule has 0 aliphatic heterocycles. The number of aromatic carboxylic acids is 1. The van der Waals surface area contributed by atoms with E-state index in [9.17, 15) is 9.59 Å². The van der Waals surface area contributed by atoms with E-state index in [1.165, 1.54) is 17.8 Å². The molecule has 0 fully saturated rings. The summed E-state index contributed by atoms with van der Waals surface area (Å²) in [5.41, 5.74) is 0.215. The second kappa shape index (κ2) is 5.55. The first-order valence-corrected chi connectivity index (χ1v) is 5.59. The summed E-state index contributed by atoms with van der Waals surface area (Å²) >= 11 is 1.36. The normalized spacial score (nSPS) is 12.1. The lowest BCUT2D eigenvalue weighted by Crippen LogP contribution is -2.05. The fourth-order valence-electron chi connectivity index (χ4n) is 1.22. The van der Waals surface area contributed by atoms with Gasteiger partial charge in [-0.05, 0) is 18.2 Å². The van der Waals surface area contributed by atoms with E-state index < -0.39 is 11.9 Å². The maximum atomic E-state index is 10.7. The van der Waals surface area contributed by atoms with Crippen LogP contribution < -0.4 is 0 Å². The van der Waals surface area contributed by atoms with Gasteiger partial charge < -0.3 is 10.2 Å². The van der Waals surface area contributed by atoms with Crippen molar-refractivity contribution in [3.05, 3.63) is 29.8 Å². The van der Waals surface area contributed by atoms with E-state index in [0.717, 1.165) is 4.90 Å². The maximum Gasteiger partial charge on any atom is 0.335 e. The Balaban J connectivity index is 2.70. The Kier molecular flexibility index (Phi) is 4.37. The summed E-state index contributed by atoms with van der Waals surface area (Å²) in [6.45, 7) is 1.80. The SMILES string of the molecule is CC(CC(=O)O)Sc1cccc(C(=O)O)c1.